The zero-order valence-electron chi connectivity index (χ0n) is 26.7. The highest BCUT2D eigenvalue weighted by Gasteiger charge is 2.42. The second-order valence-electron chi connectivity index (χ2n) is 14.0. The van der Waals surface area contributed by atoms with Crippen LogP contribution in [0.25, 0.3) is 0 Å². The lowest BCUT2D eigenvalue weighted by Crippen LogP contribution is -2.57. The summed E-state index contributed by atoms with van der Waals surface area (Å²) in [6.07, 6.45) is 8.18. The van der Waals surface area contributed by atoms with Crippen molar-refractivity contribution in [1.29, 1.82) is 0 Å². The zero-order valence-corrected chi connectivity index (χ0v) is 28.3. The number of hydrogen-bond acceptors (Lipinski definition) is 7. The van der Waals surface area contributed by atoms with E-state index >= 15 is 0 Å². The maximum absolute atomic E-state index is 14.3. The predicted molar refractivity (Wildman–Crippen MR) is 174 cm³/mol. The molecule has 3 heterocycles. The maximum Gasteiger partial charge on any atom is 0.238 e. The third-order valence-electron chi connectivity index (χ3n) is 10.4. The highest BCUT2D eigenvalue weighted by molar-refractivity contribution is 7.89. The molecule has 248 valence electrons. The van der Waals surface area contributed by atoms with Crippen molar-refractivity contribution < 1.29 is 22.7 Å². The van der Waals surface area contributed by atoms with Crippen LogP contribution < -0.4 is 16.0 Å². The summed E-state index contributed by atoms with van der Waals surface area (Å²) in [5, 5.41) is 11.3. The van der Waals surface area contributed by atoms with Crippen LogP contribution in [0.2, 0.25) is 5.02 Å². The molecular formula is C33H53ClN4O5S. The summed E-state index contributed by atoms with van der Waals surface area (Å²) in [5.41, 5.74) is 0.846. The molecule has 5 rings (SSSR count). The van der Waals surface area contributed by atoms with Gasteiger partial charge in [-0.15, -0.1) is 0 Å². The SMILES string of the molecule is COCCN[C@H](C(=O)N[C@H]1CCC[C@@H]1CC[C@H]1CN[C@@H]2CCCS(=O)(=O)N1C2)[C@@H](c1ccc(Cl)cc1)C1CCOC(C)(C)C1. The van der Waals surface area contributed by atoms with Crippen molar-refractivity contribution in [1.82, 2.24) is 20.3 Å². The Morgan fingerprint density at radius 1 is 1.16 bits per heavy atom. The van der Waals surface area contributed by atoms with Gasteiger partial charge in [-0.3, -0.25) is 4.79 Å². The average molecular weight is 653 g/mol. The van der Waals surface area contributed by atoms with Gasteiger partial charge in [-0.1, -0.05) is 30.2 Å². The Balaban J connectivity index is 1.30. The number of benzene rings is 1. The molecule has 3 aliphatic heterocycles. The van der Waals surface area contributed by atoms with Crippen molar-refractivity contribution in [3.05, 3.63) is 34.9 Å². The Labute approximate surface area is 269 Å². The van der Waals surface area contributed by atoms with Gasteiger partial charge < -0.3 is 25.4 Å². The topological polar surface area (TPSA) is 109 Å². The normalized spacial score (nSPS) is 32.8. The quantitative estimate of drug-likeness (QED) is 0.292. The van der Waals surface area contributed by atoms with E-state index in [-0.39, 0.29) is 47.2 Å². The van der Waals surface area contributed by atoms with Crippen molar-refractivity contribution in [3.8, 4) is 0 Å². The monoisotopic (exact) mass is 652 g/mol. The molecule has 4 fully saturated rings. The number of ether oxygens (including phenoxy) is 2. The third-order valence-corrected chi connectivity index (χ3v) is 12.6. The minimum Gasteiger partial charge on any atom is -0.383 e. The fourth-order valence-corrected chi connectivity index (χ4v) is 10.1. The van der Waals surface area contributed by atoms with E-state index in [1.807, 2.05) is 12.1 Å². The minimum atomic E-state index is -3.21. The molecule has 0 spiro atoms. The van der Waals surface area contributed by atoms with E-state index in [9.17, 15) is 13.2 Å². The summed E-state index contributed by atoms with van der Waals surface area (Å²) in [6, 6.07) is 7.85. The van der Waals surface area contributed by atoms with Crippen LogP contribution in [-0.4, -0.2) is 94.1 Å². The largest absolute Gasteiger partial charge is 0.383 e. The molecule has 3 N–H and O–H groups in total. The van der Waals surface area contributed by atoms with E-state index in [0.29, 0.717) is 43.8 Å². The molecule has 0 radical (unpaired) electrons. The number of fused-ring (bicyclic) bond motifs is 2. The molecule has 4 aliphatic rings. The number of sulfonamides is 1. The molecule has 1 amide bonds. The molecule has 1 aromatic rings. The van der Waals surface area contributed by atoms with Crippen LogP contribution in [0.1, 0.15) is 83.1 Å². The average Bonchev–Trinajstić information content (AvgIpc) is 3.38. The van der Waals surface area contributed by atoms with Crippen LogP contribution in [0, 0.1) is 11.8 Å². The molecule has 1 saturated carbocycles. The molecular weight excluding hydrogens is 600 g/mol. The zero-order chi connectivity index (χ0) is 31.3. The second kappa shape index (κ2) is 15.1. The van der Waals surface area contributed by atoms with Gasteiger partial charge in [0.2, 0.25) is 15.9 Å². The van der Waals surface area contributed by atoms with Crippen molar-refractivity contribution in [3.63, 3.8) is 0 Å². The number of nitrogens with one attached hydrogen (secondary N) is 3. The molecule has 2 unspecified atom stereocenters. The summed E-state index contributed by atoms with van der Waals surface area (Å²) >= 11 is 6.29. The van der Waals surface area contributed by atoms with Gasteiger partial charge in [-0.25, -0.2) is 8.42 Å². The Bertz CT molecular complexity index is 1200. The van der Waals surface area contributed by atoms with Gasteiger partial charge >= 0.3 is 0 Å². The van der Waals surface area contributed by atoms with E-state index < -0.39 is 16.1 Å². The molecule has 11 heteroatoms. The molecule has 1 aromatic carbocycles. The van der Waals surface area contributed by atoms with Crippen molar-refractivity contribution >= 4 is 27.5 Å². The van der Waals surface area contributed by atoms with Crippen LogP contribution in [-0.2, 0) is 24.3 Å². The molecule has 0 aromatic heterocycles. The number of amides is 1. The molecule has 8 atom stereocenters. The van der Waals surface area contributed by atoms with Gasteiger partial charge in [0.15, 0.2) is 0 Å². The lowest BCUT2D eigenvalue weighted by Gasteiger charge is -2.42. The number of carbonyl (C=O) groups is 1. The van der Waals surface area contributed by atoms with Crippen molar-refractivity contribution in [2.24, 2.45) is 11.8 Å². The van der Waals surface area contributed by atoms with Gasteiger partial charge in [-0.05, 0) is 94.7 Å². The van der Waals surface area contributed by atoms with Crippen LogP contribution in [0.3, 0.4) is 0 Å². The van der Waals surface area contributed by atoms with Gasteiger partial charge in [0.1, 0.15) is 0 Å². The number of hydrogen-bond donors (Lipinski definition) is 3. The summed E-state index contributed by atoms with van der Waals surface area (Å²) in [7, 11) is -1.53. The third kappa shape index (κ3) is 8.55. The summed E-state index contributed by atoms with van der Waals surface area (Å²) in [4.78, 5) is 14.3. The summed E-state index contributed by atoms with van der Waals surface area (Å²) in [6.45, 7) is 7.31. The first kappa shape index (κ1) is 34.1. The van der Waals surface area contributed by atoms with Crippen LogP contribution in [0.5, 0.6) is 0 Å². The van der Waals surface area contributed by atoms with Gasteiger partial charge in [0, 0.05) is 62.4 Å². The predicted octanol–water partition coefficient (Wildman–Crippen LogP) is 4.06. The minimum absolute atomic E-state index is 0.0130. The molecule has 9 nitrogen and oxygen atoms in total. The maximum atomic E-state index is 14.3. The van der Waals surface area contributed by atoms with Gasteiger partial charge in [0.05, 0.1) is 24.0 Å². The Hall–Kier alpha value is -1.27. The van der Waals surface area contributed by atoms with Crippen molar-refractivity contribution in [2.45, 2.75) is 107 Å². The molecule has 2 bridgehead atoms. The number of piperazine rings is 1. The highest BCUT2D eigenvalue weighted by Crippen LogP contribution is 2.41. The fraction of sp³-hybridized carbons (Fsp3) is 0.788. The lowest BCUT2D eigenvalue weighted by molar-refractivity contribution is -0.126. The van der Waals surface area contributed by atoms with Crippen molar-refractivity contribution in [2.75, 3.05) is 45.7 Å². The fourth-order valence-electron chi connectivity index (χ4n) is 8.20. The number of methoxy groups -OCH3 is 1. The summed E-state index contributed by atoms with van der Waals surface area (Å²) in [5.74, 6) is 0.812. The first-order chi connectivity index (χ1) is 21.1. The number of rotatable bonds is 12. The van der Waals surface area contributed by atoms with Gasteiger partial charge in [-0.2, -0.15) is 4.31 Å². The van der Waals surface area contributed by atoms with E-state index in [0.717, 1.165) is 63.4 Å². The van der Waals surface area contributed by atoms with E-state index in [1.54, 1.807) is 11.4 Å². The van der Waals surface area contributed by atoms with Gasteiger partial charge in [0.25, 0.3) is 0 Å². The van der Waals surface area contributed by atoms with Crippen LogP contribution in [0.4, 0.5) is 0 Å². The molecule has 44 heavy (non-hydrogen) atoms. The second-order valence-corrected chi connectivity index (χ2v) is 16.5. The standard InChI is InChI=1S/C33H53ClN4O5S/c1-33(2)20-25(15-17-43-33)30(24-9-12-26(34)13-10-24)31(35-16-18-42-3)32(39)37-29-8-4-6-23(29)11-14-28-21-36-27-7-5-19-44(40,41)38(28)22-27/h9-10,12-13,23,25,27-31,35-36H,4-8,11,14-22H2,1-3H3,(H,37,39)/t23-,25?,27-,28+,29+,30+,31+/m1/s1. The Morgan fingerprint density at radius 3 is 2.70 bits per heavy atom. The smallest absolute Gasteiger partial charge is 0.238 e. The first-order valence-corrected chi connectivity index (χ1v) is 18.7. The van der Waals surface area contributed by atoms with Crippen LogP contribution >= 0.6 is 11.6 Å². The summed E-state index contributed by atoms with van der Waals surface area (Å²) < 4.78 is 39.2. The Morgan fingerprint density at radius 2 is 1.95 bits per heavy atom. The van der Waals surface area contributed by atoms with E-state index in [1.165, 1.54) is 0 Å². The van der Waals surface area contributed by atoms with E-state index in [2.05, 4.69) is 41.9 Å². The Kier molecular flexibility index (Phi) is 11.7. The highest BCUT2D eigenvalue weighted by atomic mass is 35.5. The molecule has 3 saturated heterocycles. The van der Waals surface area contributed by atoms with E-state index in [4.69, 9.17) is 21.1 Å². The number of nitrogens with zero attached hydrogens (tertiary/aromatic N) is 1. The number of halogens is 1. The van der Waals surface area contributed by atoms with Crippen LogP contribution in [0.15, 0.2) is 24.3 Å². The lowest BCUT2D eigenvalue weighted by atomic mass is 9.73. The number of carbonyl (C=O) groups excluding carboxylic acids is 1. The first-order valence-electron chi connectivity index (χ1n) is 16.7. The molecule has 1 aliphatic carbocycles.